The van der Waals surface area contributed by atoms with Gasteiger partial charge in [-0.05, 0) is 5.41 Å². The Kier molecular flexibility index (Phi) is 4.96. The summed E-state index contributed by atoms with van der Waals surface area (Å²) in [6.07, 6.45) is 1.88. The fourth-order valence-corrected chi connectivity index (χ4v) is 3.03. The highest BCUT2D eigenvalue weighted by Gasteiger charge is 2.39. The van der Waals surface area contributed by atoms with E-state index in [1.54, 1.807) is 20.2 Å². The highest BCUT2D eigenvalue weighted by Crippen LogP contribution is 2.29. The SMILES string of the molecule is COC(=O)C1Cc2ncn(C)c2CN1C(=O)CC(C)(C)CC(=O)O. The molecule has 0 fully saturated rings. The molecular formula is C16H23N3O5. The molecule has 0 radical (unpaired) electrons. The summed E-state index contributed by atoms with van der Waals surface area (Å²) in [5.41, 5.74) is 0.956. The van der Waals surface area contributed by atoms with Crippen LogP contribution in [0.15, 0.2) is 6.33 Å². The molecule has 1 N–H and O–H groups in total. The van der Waals surface area contributed by atoms with E-state index in [4.69, 9.17) is 9.84 Å². The third-order valence-electron chi connectivity index (χ3n) is 4.28. The molecule has 0 saturated heterocycles. The maximum atomic E-state index is 12.8. The number of carbonyl (C=O) groups excluding carboxylic acids is 2. The number of hydrogen-bond acceptors (Lipinski definition) is 5. The van der Waals surface area contributed by atoms with Crippen LogP contribution < -0.4 is 0 Å². The second-order valence-corrected chi connectivity index (χ2v) is 6.93. The number of fused-ring (bicyclic) bond motifs is 1. The lowest BCUT2D eigenvalue weighted by molar-refractivity contribution is -0.155. The first-order valence-corrected chi connectivity index (χ1v) is 7.73. The first-order chi connectivity index (χ1) is 11.1. The molecule has 132 valence electrons. The minimum absolute atomic E-state index is 0.0416. The van der Waals surface area contributed by atoms with E-state index in [0.717, 1.165) is 11.4 Å². The number of carboxylic acid groups (broad SMARTS) is 1. The second kappa shape index (κ2) is 6.62. The third-order valence-corrected chi connectivity index (χ3v) is 4.28. The normalized spacial score (nSPS) is 17.3. The smallest absolute Gasteiger partial charge is 0.329 e. The van der Waals surface area contributed by atoms with Crippen LogP contribution in [-0.2, 0) is 39.1 Å². The summed E-state index contributed by atoms with van der Waals surface area (Å²) in [6.45, 7) is 3.71. The molecule has 2 rings (SSSR count). The summed E-state index contributed by atoms with van der Waals surface area (Å²) < 4.78 is 6.65. The van der Waals surface area contributed by atoms with E-state index in [1.165, 1.54) is 12.0 Å². The Morgan fingerprint density at radius 3 is 2.62 bits per heavy atom. The van der Waals surface area contributed by atoms with Gasteiger partial charge in [0.15, 0.2) is 0 Å². The lowest BCUT2D eigenvalue weighted by atomic mass is 9.84. The zero-order valence-electron chi connectivity index (χ0n) is 14.4. The lowest BCUT2D eigenvalue weighted by Crippen LogP contribution is -2.50. The van der Waals surface area contributed by atoms with Gasteiger partial charge in [0.2, 0.25) is 5.91 Å². The van der Waals surface area contributed by atoms with E-state index in [1.807, 2.05) is 11.6 Å². The van der Waals surface area contributed by atoms with Crippen molar-refractivity contribution in [1.82, 2.24) is 14.5 Å². The van der Waals surface area contributed by atoms with Crippen molar-refractivity contribution in [2.24, 2.45) is 12.5 Å². The largest absolute Gasteiger partial charge is 0.481 e. The molecule has 1 aromatic heterocycles. The predicted octanol–water partition coefficient (Wildman–Crippen LogP) is 0.737. The number of carbonyl (C=O) groups is 3. The average Bonchev–Trinajstić information content (AvgIpc) is 2.84. The van der Waals surface area contributed by atoms with Gasteiger partial charge in [-0.15, -0.1) is 0 Å². The quantitative estimate of drug-likeness (QED) is 0.795. The number of nitrogens with zero attached hydrogens (tertiary/aromatic N) is 3. The summed E-state index contributed by atoms with van der Waals surface area (Å²) >= 11 is 0. The van der Waals surface area contributed by atoms with Crippen molar-refractivity contribution in [3.8, 4) is 0 Å². The molecule has 0 aromatic carbocycles. The molecule has 2 heterocycles. The van der Waals surface area contributed by atoms with E-state index >= 15 is 0 Å². The summed E-state index contributed by atoms with van der Waals surface area (Å²) in [5, 5.41) is 8.98. The molecular weight excluding hydrogens is 314 g/mol. The number of aromatic nitrogens is 2. The number of methoxy groups -OCH3 is 1. The topological polar surface area (TPSA) is 102 Å². The molecule has 24 heavy (non-hydrogen) atoms. The van der Waals surface area contributed by atoms with Gasteiger partial charge in [-0.25, -0.2) is 9.78 Å². The van der Waals surface area contributed by atoms with Gasteiger partial charge in [0.05, 0.1) is 37.8 Å². The standard InChI is InChI=1S/C16H23N3O5/c1-16(2,7-14(21)22)6-13(20)19-8-12-10(17-9-18(12)3)5-11(19)15(23)24-4/h9,11H,5-8H2,1-4H3,(H,21,22). The van der Waals surface area contributed by atoms with Crippen molar-refractivity contribution >= 4 is 17.8 Å². The van der Waals surface area contributed by atoms with Crippen LogP contribution in [0.4, 0.5) is 0 Å². The molecule has 8 heteroatoms. The number of aliphatic carboxylic acids is 1. The van der Waals surface area contributed by atoms with Gasteiger partial charge in [0, 0.05) is 19.9 Å². The Hall–Kier alpha value is -2.38. The molecule has 1 aliphatic heterocycles. The van der Waals surface area contributed by atoms with Crippen LogP contribution in [0.25, 0.3) is 0 Å². The van der Waals surface area contributed by atoms with Gasteiger partial charge in [-0.3, -0.25) is 9.59 Å². The molecule has 0 saturated carbocycles. The maximum absolute atomic E-state index is 12.8. The summed E-state index contributed by atoms with van der Waals surface area (Å²) in [5.74, 6) is -1.70. The Labute approximate surface area is 140 Å². The van der Waals surface area contributed by atoms with Gasteiger partial charge in [0.1, 0.15) is 6.04 Å². The summed E-state index contributed by atoms with van der Waals surface area (Å²) in [7, 11) is 3.12. The molecule has 1 aromatic rings. The van der Waals surface area contributed by atoms with E-state index in [-0.39, 0.29) is 25.3 Å². The zero-order chi connectivity index (χ0) is 18.1. The lowest BCUT2D eigenvalue weighted by Gasteiger charge is -2.35. The number of esters is 1. The second-order valence-electron chi connectivity index (χ2n) is 6.93. The van der Waals surface area contributed by atoms with E-state index in [0.29, 0.717) is 6.42 Å². The van der Waals surface area contributed by atoms with E-state index in [9.17, 15) is 14.4 Å². The predicted molar refractivity (Wildman–Crippen MR) is 83.9 cm³/mol. The van der Waals surface area contributed by atoms with Crippen LogP contribution in [0.1, 0.15) is 38.1 Å². The fraction of sp³-hybridized carbons (Fsp3) is 0.625. The Morgan fingerprint density at radius 1 is 1.38 bits per heavy atom. The molecule has 1 aliphatic rings. The number of ether oxygens (including phenoxy) is 1. The van der Waals surface area contributed by atoms with Gasteiger partial charge >= 0.3 is 11.9 Å². The van der Waals surface area contributed by atoms with Gasteiger partial charge in [-0.1, -0.05) is 13.8 Å². The highest BCUT2D eigenvalue weighted by molar-refractivity contribution is 5.86. The summed E-state index contributed by atoms with van der Waals surface area (Å²) in [4.78, 5) is 41.6. The van der Waals surface area contributed by atoms with Gasteiger partial charge < -0.3 is 19.3 Å². The van der Waals surface area contributed by atoms with Crippen molar-refractivity contribution < 1.29 is 24.2 Å². The van der Waals surface area contributed by atoms with Crippen molar-refractivity contribution in [3.63, 3.8) is 0 Å². The maximum Gasteiger partial charge on any atom is 0.329 e. The van der Waals surface area contributed by atoms with Crippen molar-refractivity contribution in [2.45, 2.75) is 45.7 Å². The number of amides is 1. The zero-order valence-corrected chi connectivity index (χ0v) is 14.4. The van der Waals surface area contributed by atoms with Crippen LogP contribution in [0, 0.1) is 5.41 Å². The molecule has 1 unspecified atom stereocenters. The Balaban J connectivity index is 2.24. The van der Waals surface area contributed by atoms with Crippen molar-refractivity contribution in [1.29, 1.82) is 0 Å². The Bertz CT molecular complexity index is 665. The van der Waals surface area contributed by atoms with E-state index in [2.05, 4.69) is 4.98 Å². The molecule has 0 spiro atoms. The third kappa shape index (κ3) is 3.74. The number of rotatable bonds is 5. The van der Waals surface area contributed by atoms with Crippen LogP contribution in [0.3, 0.4) is 0 Å². The monoisotopic (exact) mass is 337 g/mol. The summed E-state index contributed by atoms with van der Waals surface area (Å²) in [6, 6.07) is -0.731. The molecule has 1 atom stereocenters. The number of carboxylic acids is 1. The van der Waals surface area contributed by atoms with Gasteiger partial charge in [0.25, 0.3) is 0 Å². The minimum Gasteiger partial charge on any atom is -0.481 e. The van der Waals surface area contributed by atoms with Crippen LogP contribution in [0.2, 0.25) is 0 Å². The first kappa shape index (κ1) is 18.0. The first-order valence-electron chi connectivity index (χ1n) is 7.73. The molecule has 0 bridgehead atoms. The van der Waals surface area contributed by atoms with Crippen molar-refractivity contribution in [2.75, 3.05) is 7.11 Å². The molecule has 0 aliphatic carbocycles. The van der Waals surface area contributed by atoms with Crippen molar-refractivity contribution in [3.05, 3.63) is 17.7 Å². The number of hydrogen-bond donors (Lipinski definition) is 1. The van der Waals surface area contributed by atoms with E-state index < -0.39 is 23.4 Å². The minimum atomic E-state index is -0.954. The molecule has 1 amide bonds. The highest BCUT2D eigenvalue weighted by atomic mass is 16.5. The van der Waals surface area contributed by atoms with Crippen LogP contribution in [-0.4, -0.2) is 50.6 Å². The van der Waals surface area contributed by atoms with Crippen LogP contribution >= 0.6 is 0 Å². The number of imidazole rings is 1. The van der Waals surface area contributed by atoms with Gasteiger partial charge in [-0.2, -0.15) is 0 Å². The molecule has 8 nitrogen and oxygen atoms in total. The Morgan fingerprint density at radius 2 is 2.04 bits per heavy atom. The number of aryl methyl sites for hydroxylation is 1. The van der Waals surface area contributed by atoms with Crippen LogP contribution in [0.5, 0.6) is 0 Å². The average molecular weight is 337 g/mol. The fourth-order valence-electron chi connectivity index (χ4n) is 3.03.